The van der Waals surface area contributed by atoms with Gasteiger partial charge in [0.15, 0.2) is 9.84 Å². The third-order valence-electron chi connectivity index (χ3n) is 5.13. The Balaban J connectivity index is 1.90. The number of sulfonamides is 2. The Morgan fingerprint density at radius 3 is 2.06 bits per heavy atom. The van der Waals surface area contributed by atoms with Gasteiger partial charge in [-0.25, -0.2) is 30.0 Å². The molecular weight excluding hydrogens is 504 g/mol. The van der Waals surface area contributed by atoms with E-state index in [9.17, 15) is 30.4 Å². The van der Waals surface area contributed by atoms with Crippen LogP contribution in [0.3, 0.4) is 0 Å². The van der Waals surface area contributed by atoms with Gasteiger partial charge in [0.05, 0.1) is 56.7 Å². The highest BCUT2D eigenvalue weighted by atomic mass is 32.2. The Hall–Kier alpha value is -2.85. The van der Waals surface area contributed by atoms with Crippen LogP contribution in [-0.4, -0.2) is 71.4 Å². The first-order chi connectivity index (χ1) is 15.9. The zero-order valence-electron chi connectivity index (χ0n) is 17.6. The molecule has 1 heterocycles. The summed E-state index contributed by atoms with van der Waals surface area (Å²) in [7, 11) is -12.3. The molecule has 0 radical (unpaired) electrons. The molecule has 2 aromatic carbocycles. The molecule has 2 atom stereocenters. The van der Waals surface area contributed by atoms with Gasteiger partial charge in [0.25, 0.3) is 0 Å². The molecule has 0 aromatic heterocycles. The molecular formula is C20H20N4O7S3. The van der Waals surface area contributed by atoms with Crippen LogP contribution in [0.4, 0.5) is 0 Å². The second-order valence-electron chi connectivity index (χ2n) is 7.50. The minimum Gasteiger partial charge on any atom is -0.390 e. The summed E-state index contributed by atoms with van der Waals surface area (Å²) in [5.41, 5.74) is 0.169. The Bertz CT molecular complexity index is 1490. The van der Waals surface area contributed by atoms with E-state index in [1.807, 2.05) is 12.1 Å². The van der Waals surface area contributed by atoms with Crippen molar-refractivity contribution in [2.75, 3.05) is 24.6 Å². The summed E-state index contributed by atoms with van der Waals surface area (Å²) in [4.78, 5) is -0.501. The number of rotatable bonds is 8. The number of nitriles is 2. The highest BCUT2D eigenvalue weighted by molar-refractivity contribution is 7.92. The summed E-state index contributed by atoms with van der Waals surface area (Å²) >= 11 is 0. The topological polar surface area (TPSA) is 185 Å². The lowest BCUT2D eigenvalue weighted by molar-refractivity contribution is 0.128. The normalized spacial score (nSPS) is 20.0. The van der Waals surface area contributed by atoms with E-state index in [2.05, 4.69) is 4.72 Å². The molecule has 0 aliphatic carbocycles. The molecule has 0 bridgehead atoms. The van der Waals surface area contributed by atoms with Crippen molar-refractivity contribution in [1.82, 2.24) is 9.03 Å². The van der Waals surface area contributed by atoms with Crippen LogP contribution in [0.5, 0.6) is 0 Å². The molecule has 1 saturated heterocycles. The second kappa shape index (κ2) is 9.79. The monoisotopic (exact) mass is 524 g/mol. The average Bonchev–Trinajstić information content (AvgIpc) is 3.08. The molecule has 0 spiro atoms. The van der Waals surface area contributed by atoms with Crippen LogP contribution in [0, 0.1) is 22.7 Å². The standard InChI is InChI=1S/C20H20N4O7S3/c21-11-15-3-1-5-17(9-15)33(28,29)23-7-8-24(19-13-32(26,27)14-20(19)25)34(30,31)18-6-2-4-16(10-18)12-22/h1-6,9-10,19-20,23,25H,7-8,13-14H2/t19-,20-/m1/s1. The first kappa shape index (κ1) is 25.8. The molecule has 1 aliphatic rings. The zero-order chi connectivity index (χ0) is 25.1. The fraction of sp³-hybridized carbons (Fsp3) is 0.300. The van der Waals surface area contributed by atoms with Crippen molar-refractivity contribution in [3.05, 3.63) is 59.7 Å². The Kier molecular flexibility index (Phi) is 7.42. The quantitative estimate of drug-likeness (QED) is 0.461. The van der Waals surface area contributed by atoms with Gasteiger partial charge in [0, 0.05) is 13.1 Å². The first-order valence-corrected chi connectivity index (χ1v) is 14.5. The maximum absolute atomic E-state index is 13.4. The van der Waals surface area contributed by atoms with Crippen LogP contribution in [0.15, 0.2) is 58.3 Å². The number of nitrogens with zero attached hydrogens (tertiary/aromatic N) is 3. The molecule has 1 fully saturated rings. The van der Waals surface area contributed by atoms with Gasteiger partial charge >= 0.3 is 0 Å². The predicted molar refractivity (Wildman–Crippen MR) is 120 cm³/mol. The van der Waals surface area contributed by atoms with Crippen LogP contribution in [-0.2, 0) is 29.9 Å². The van der Waals surface area contributed by atoms with Crippen molar-refractivity contribution in [2.24, 2.45) is 0 Å². The summed E-state index contributed by atoms with van der Waals surface area (Å²) in [6.45, 7) is -0.937. The predicted octanol–water partition coefficient (Wildman–Crippen LogP) is -0.443. The van der Waals surface area contributed by atoms with E-state index in [4.69, 9.17) is 10.5 Å². The molecule has 0 saturated carbocycles. The fourth-order valence-corrected chi connectivity index (χ4v) is 8.18. The number of aliphatic hydroxyl groups excluding tert-OH is 1. The lowest BCUT2D eigenvalue weighted by Crippen LogP contribution is -2.49. The van der Waals surface area contributed by atoms with E-state index in [-0.39, 0.29) is 20.9 Å². The van der Waals surface area contributed by atoms with Gasteiger partial charge in [-0.3, -0.25) is 0 Å². The van der Waals surface area contributed by atoms with Gasteiger partial charge in [0.2, 0.25) is 20.0 Å². The minimum atomic E-state index is -4.41. The van der Waals surface area contributed by atoms with Crippen molar-refractivity contribution in [3.63, 3.8) is 0 Å². The Morgan fingerprint density at radius 2 is 1.53 bits per heavy atom. The first-order valence-electron chi connectivity index (χ1n) is 9.80. The summed E-state index contributed by atoms with van der Waals surface area (Å²) in [6.07, 6.45) is -1.51. The van der Waals surface area contributed by atoms with E-state index >= 15 is 0 Å². The fourth-order valence-electron chi connectivity index (χ4n) is 3.52. The average molecular weight is 525 g/mol. The number of benzene rings is 2. The van der Waals surface area contributed by atoms with E-state index in [1.165, 1.54) is 36.4 Å². The molecule has 14 heteroatoms. The molecule has 3 rings (SSSR count). The lowest BCUT2D eigenvalue weighted by atomic mass is 10.2. The molecule has 34 heavy (non-hydrogen) atoms. The van der Waals surface area contributed by atoms with E-state index in [1.54, 1.807) is 0 Å². The van der Waals surface area contributed by atoms with Gasteiger partial charge in [-0.1, -0.05) is 12.1 Å². The van der Waals surface area contributed by atoms with Crippen molar-refractivity contribution >= 4 is 29.9 Å². The van der Waals surface area contributed by atoms with Crippen molar-refractivity contribution in [1.29, 1.82) is 10.5 Å². The van der Waals surface area contributed by atoms with Crippen LogP contribution in [0.25, 0.3) is 0 Å². The van der Waals surface area contributed by atoms with Crippen LogP contribution in [0.1, 0.15) is 11.1 Å². The molecule has 0 amide bonds. The van der Waals surface area contributed by atoms with Gasteiger partial charge in [0.1, 0.15) is 0 Å². The number of nitrogens with one attached hydrogen (secondary N) is 1. The third kappa shape index (κ3) is 5.61. The summed E-state index contributed by atoms with van der Waals surface area (Å²) in [5, 5.41) is 28.4. The van der Waals surface area contributed by atoms with E-state index in [0.717, 1.165) is 16.4 Å². The highest BCUT2D eigenvalue weighted by Crippen LogP contribution is 2.26. The largest absolute Gasteiger partial charge is 0.390 e. The molecule has 11 nitrogen and oxygen atoms in total. The van der Waals surface area contributed by atoms with Crippen LogP contribution < -0.4 is 4.72 Å². The number of sulfone groups is 1. The molecule has 0 unspecified atom stereocenters. The Labute approximate surface area is 197 Å². The van der Waals surface area contributed by atoms with Gasteiger partial charge in [-0.15, -0.1) is 0 Å². The van der Waals surface area contributed by atoms with Crippen LogP contribution in [0.2, 0.25) is 0 Å². The molecule has 2 aromatic rings. The number of hydrogen-bond acceptors (Lipinski definition) is 9. The summed E-state index contributed by atoms with van der Waals surface area (Å²) < 4.78 is 79.0. The van der Waals surface area contributed by atoms with Crippen molar-refractivity contribution in [2.45, 2.75) is 21.9 Å². The number of aliphatic hydroxyl groups is 1. The third-order valence-corrected chi connectivity index (χ3v) is 10.2. The van der Waals surface area contributed by atoms with E-state index < -0.39 is 66.6 Å². The highest BCUT2D eigenvalue weighted by Gasteiger charge is 2.44. The van der Waals surface area contributed by atoms with Crippen LogP contribution >= 0.6 is 0 Å². The summed E-state index contributed by atoms with van der Waals surface area (Å²) in [6, 6.07) is 12.6. The second-order valence-corrected chi connectivity index (χ2v) is 13.3. The van der Waals surface area contributed by atoms with Gasteiger partial charge < -0.3 is 5.11 Å². The molecule has 1 aliphatic heterocycles. The Morgan fingerprint density at radius 1 is 0.971 bits per heavy atom. The van der Waals surface area contributed by atoms with Gasteiger partial charge in [-0.05, 0) is 36.4 Å². The minimum absolute atomic E-state index is 0.0543. The smallest absolute Gasteiger partial charge is 0.243 e. The maximum atomic E-state index is 13.4. The number of hydrogen-bond donors (Lipinski definition) is 2. The maximum Gasteiger partial charge on any atom is 0.243 e. The lowest BCUT2D eigenvalue weighted by Gasteiger charge is -2.29. The van der Waals surface area contributed by atoms with Gasteiger partial charge in [-0.2, -0.15) is 14.8 Å². The zero-order valence-corrected chi connectivity index (χ0v) is 20.0. The molecule has 2 N–H and O–H groups in total. The van der Waals surface area contributed by atoms with E-state index in [0.29, 0.717) is 0 Å². The van der Waals surface area contributed by atoms with Crippen molar-refractivity contribution < 1.29 is 30.4 Å². The molecule has 180 valence electrons. The summed E-state index contributed by atoms with van der Waals surface area (Å²) in [5.74, 6) is -1.27. The van der Waals surface area contributed by atoms with Crippen molar-refractivity contribution in [3.8, 4) is 12.1 Å². The SMILES string of the molecule is N#Cc1cccc(S(=O)(=O)NCCN([C@@H]2CS(=O)(=O)C[C@H]2O)S(=O)(=O)c2cccc(C#N)c2)c1.